The van der Waals surface area contributed by atoms with Crippen LogP contribution in [-0.4, -0.2) is 50.3 Å². The molecular weight excluding hydrogens is 330 g/mol. The molecule has 0 heterocycles. The number of carbonyl (C=O) groups is 2. The van der Waals surface area contributed by atoms with Crippen LogP contribution >= 0.6 is 0 Å². The summed E-state index contributed by atoms with van der Waals surface area (Å²) >= 11 is 0. The number of methoxy groups -OCH3 is 1. The van der Waals surface area contributed by atoms with Crippen molar-refractivity contribution in [1.82, 2.24) is 15.5 Å². The van der Waals surface area contributed by atoms with Crippen molar-refractivity contribution >= 4 is 11.6 Å². The largest absolute Gasteiger partial charge is 0.496 e. The summed E-state index contributed by atoms with van der Waals surface area (Å²) in [4.78, 5) is 26.1. The van der Waals surface area contributed by atoms with Crippen molar-refractivity contribution < 1.29 is 14.3 Å². The molecule has 0 saturated carbocycles. The first-order valence-electron chi connectivity index (χ1n) is 8.87. The Morgan fingerprint density at radius 3 is 2.46 bits per heavy atom. The maximum absolute atomic E-state index is 12.0. The van der Waals surface area contributed by atoms with E-state index in [1.807, 2.05) is 18.2 Å². The molecule has 0 atom stereocenters. The van der Waals surface area contributed by atoms with Crippen LogP contribution in [0.2, 0.25) is 0 Å². The summed E-state index contributed by atoms with van der Waals surface area (Å²) < 4.78 is 5.41. The van der Waals surface area contributed by atoms with Gasteiger partial charge in [-0.1, -0.05) is 25.1 Å². The van der Waals surface area contributed by atoms with Crippen LogP contribution in [0, 0.1) is 0 Å². The van der Waals surface area contributed by atoms with E-state index in [1.54, 1.807) is 14.2 Å². The molecular formula is C20H27N3O3. The highest BCUT2D eigenvalue weighted by molar-refractivity contribution is 6.19. The molecule has 2 rings (SSSR count). The lowest BCUT2D eigenvalue weighted by Crippen LogP contribution is -2.31. The van der Waals surface area contributed by atoms with E-state index >= 15 is 0 Å². The maximum atomic E-state index is 12.0. The van der Waals surface area contributed by atoms with Gasteiger partial charge in [-0.15, -0.1) is 0 Å². The van der Waals surface area contributed by atoms with E-state index < -0.39 is 0 Å². The van der Waals surface area contributed by atoms with Crippen LogP contribution in [0.25, 0.3) is 0 Å². The number of carbonyl (C=O) groups excluding carboxylic acids is 2. The minimum Gasteiger partial charge on any atom is -0.496 e. The zero-order valence-corrected chi connectivity index (χ0v) is 15.7. The third-order valence-electron chi connectivity index (χ3n) is 4.35. The number of para-hydroxylation sites is 1. The maximum Gasteiger partial charge on any atom is 0.203 e. The summed E-state index contributed by atoms with van der Waals surface area (Å²) in [5, 5.41) is 5.81. The first-order chi connectivity index (χ1) is 12.6. The monoisotopic (exact) mass is 357 g/mol. The second-order valence-electron chi connectivity index (χ2n) is 6.06. The molecule has 6 nitrogen and oxygen atoms in total. The third-order valence-corrected chi connectivity index (χ3v) is 4.35. The number of allylic oxidation sites excluding steroid dienone is 2. The normalized spacial score (nSPS) is 14.2. The van der Waals surface area contributed by atoms with Gasteiger partial charge in [-0.3, -0.25) is 14.5 Å². The summed E-state index contributed by atoms with van der Waals surface area (Å²) in [6, 6.07) is 8.02. The van der Waals surface area contributed by atoms with Gasteiger partial charge in [-0.05, 0) is 19.0 Å². The molecule has 0 saturated heterocycles. The van der Waals surface area contributed by atoms with E-state index in [0.29, 0.717) is 17.9 Å². The highest BCUT2D eigenvalue weighted by Gasteiger charge is 2.18. The predicted molar refractivity (Wildman–Crippen MR) is 102 cm³/mol. The Morgan fingerprint density at radius 2 is 1.77 bits per heavy atom. The van der Waals surface area contributed by atoms with E-state index in [-0.39, 0.29) is 11.6 Å². The Labute approximate surface area is 154 Å². The van der Waals surface area contributed by atoms with Crippen molar-refractivity contribution in [3.05, 3.63) is 53.4 Å². The number of ether oxygens (including phenoxy) is 1. The van der Waals surface area contributed by atoms with Gasteiger partial charge in [0.25, 0.3) is 0 Å². The average molecular weight is 357 g/mol. The molecule has 0 fully saturated rings. The third kappa shape index (κ3) is 5.20. The number of nitrogens with one attached hydrogen (secondary N) is 2. The summed E-state index contributed by atoms with van der Waals surface area (Å²) in [5.74, 6) is 0.545. The van der Waals surface area contributed by atoms with Gasteiger partial charge in [-0.25, -0.2) is 0 Å². The molecule has 0 radical (unpaired) electrons. The SMILES string of the molecule is CCN(CCCNC1=CC(=O)C(NC)=CC1=O)Cc1ccccc1OC. The minimum atomic E-state index is -0.180. The Kier molecular flexibility index (Phi) is 7.41. The average Bonchev–Trinajstić information content (AvgIpc) is 2.66. The predicted octanol–water partition coefficient (Wildman–Crippen LogP) is 1.64. The molecule has 0 amide bonds. The minimum absolute atomic E-state index is 0.171. The standard InChI is InChI=1S/C20H27N3O3/c1-4-23(14-15-8-5-6-9-20(15)26-3)11-7-10-22-17-13-18(24)16(21-2)12-19(17)25/h5-6,8-9,12-13,21-22H,4,7,10-11,14H2,1-3H3. The fourth-order valence-electron chi connectivity index (χ4n) is 2.84. The van der Waals surface area contributed by atoms with Gasteiger partial charge in [0.2, 0.25) is 11.6 Å². The van der Waals surface area contributed by atoms with Crippen molar-refractivity contribution in [3.8, 4) is 5.75 Å². The van der Waals surface area contributed by atoms with Gasteiger partial charge < -0.3 is 15.4 Å². The molecule has 1 aliphatic carbocycles. The van der Waals surface area contributed by atoms with E-state index in [1.165, 1.54) is 12.2 Å². The molecule has 0 bridgehead atoms. The molecule has 26 heavy (non-hydrogen) atoms. The topological polar surface area (TPSA) is 70.7 Å². The second-order valence-corrected chi connectivity index (χ2v) is 6.06. The van der Waals surface area contributed by atoms with Crippen LogP contribution in [0.1, 0.15) is 18.9 Å². The molecule has 0 aromatic heterocycles. The van der Waals surface area contributed by atoms with Gasteiger partial charge in [0.05, 0.1) is 18.5 Å². The Bertz CT molecular complexity index is 710. The van der Waals surface area contributed by atoms with Gasteiger partial charge in [0.15, 0.2) is 0 Å². The molecule has 0 unspecified atom stereocenters. The number of ketones is 2. The number of nitrogens with zero attached hydrogens (tertiary/aromatic N) is 1. The van der Waals surface area contributed by atoms with Crippen molar-refractivity contribution in [2.45, 2.75) is 19.9 Å². The summed E-state index contributed by atoms with van der Waals surface area (Å²) in [6.07, 6.45) is 3.57. The highest BCUT2D eigenvalue weighted by atomic mass is 16.5. The van der Waals surface area contributed by atoms with Crippen molar-refractivity contribution in [2.75, 3.05) is 33.8 Å². The van der Waals surface area contributed by atoms with Crippen molar-refractivity contribution in [1.29, 1.82) is 0 Å². The van der Waals surface area contributed by atoms with Crippen LogP contribution in [0.15, 0.2) is 47.8 Å². The molecule has 1 aromatic rings. The zero-order chi connectivity index (χ0) is 18.9. The van der Waals surface area contributed by atoms with Gasteiger partial charge >= 0.3 is 0 Å². The van der Waals surface area contributed by atoms with E-state index in [9.17, 15) is 9.59 Å². The summed E-state index contributed by atoms with van der Waals surface area (Å²) in [7, 11) is 3.31. The lowest BCUT2D eigenvalue weighted by molar-refractivity contribution is -0.115. The van der Waals surface area contributed by atoms with E-state index in [0.717, 1.165) is 37.4 Å². The molecule has 0 aliphatic heterocycles. The van der Waals surface area contributed by atoms with Crippen molar-refractivity contribution in [3.63, 3.8) is 0 Å². The molecule has 6 heteroatoms. The van der Waals surface area contributed by atoms with E-state index in [4.69, 9.17) is 4.74 Å². The van der Waals surface area contributed by atoms with Crippen molar-refractivity contribution in [2.24, 2.45) is 0 Å². The highest BCUT2D eigenvalue weighted by Crippen LogP contribution is 2.19. The first-order valence-corrected chi connectivity index (χ1v) is 8.87. The molecule has 1 aromatic carbocycles. The molecule has 0 spiro atoms. The summed E-state index contributed by atoms with van der Waals surface area (Å²) in [5.41, 5.74) is 1.85. The number of likely N-dealkylation sites (N-methyl/N-ethyl adjacent to an activating group) is 1. The quantitative estimate of drug-likeness (QED) is 0.490. The van der Waals surface area contributed by atoms with Crippen LogP contribution in [0.3, 0.4) is 0 Å². The molecule has 140 valence electrons. The van der Waals surface area contributed by atoms with Crippen LogP contribution in [0.5, 0.6) is 5.75 Å². The Morgan fingerprint density at radius 1 is 1.08 bits per heavy atom. The van der Waals surface area contributed by atoms with Crippen LogP contribution in [0.4, 0.5) is 0 Å². The number of hydrogen-bond donors (Lipinski definition) is 2. The lowest BCUT2D eigenvalue weighted by Gasteiger charge is -2.22. The Hall–Kier alpha value is -2.60. The zero-order valence-electron chi connectivity index (χ0n) is 15.7. The molecule has 2 N–H and O–H groups in total. The van der Waals surface area contributed by atoms with Crippen LogP contribution in [-0.2, 0) is 16.1 Å². The van der Waals surface area contributed by atoms with Gasteiger partial charge in [0.1, 0.15) is 5.75 Å². The lowest BCUT2D eigenvalue weighted by atomic mass is 10.1. The summed E-state index contributed by atoms with van der Waals surface area (Å²) in [6.45, 7) is 5.38. The molecule has 1 aliphatic rings. The van der Waals surface area contributed by atoms with Gasteiger partial charge in [-0.2, -0.15) is 0 Å². The fourth-order valence-corrected chi connectivity index (χ4v) is 2.84. The number of benzene rings is 1. The number of rotatable bonds is 10. The Balaban J connectivity index is 1.81. The van der Waals surface area contributed by atoms with E-state index in [2.05, 4.69) is 28.5 Å². The van der Waals surface area contributed by atoms with Crippen LogP contribution < -0.4 is 15.4 Å². The first kappa shape index (κ1) is 19.7. The number of hydrogen-bond acceptors (Lipinski definition) is 6. The van der Waals surface area contributed by atoms with Gasteiger partial charge in [0, 0.05) is 44.4 Å². The second kappa shape index (κ2) is 9.77. The fraction of sp³-hybridized carbons (Fsp3) is 0.400. The smallest absolute Gasteiger partial charge is 0.203 e.